The predicted octanol–water partition coefficient (Wildman–Crippen LogP) is 3.57. The van der Waals surface area contributed by atoms with E-state index in [-0.39, 0.29) is 24.0 Å². The number of rotatable bonds is 7. The van der Waals surface area contributed by atoms with Gasteiger partial charge in [0.1, 0.15) is 5.76 Å². The van der Waals surface area contributed by atoms with Crippen molar-refractivity contribution in [2.75, 3.05) is 38.5 Å². The number of halogens is 1. The SMILES string of the molecule is CCNC(=NCC1CCN(Cc2nc(C)c(C)o2)CC1)NCC1CCCS1.I. The summed E-state index contributed by atoms with van der Waals surface area (Å²) < 4.78 is 5.73. The molecule has 28 heavy (non-hydrogen) atoms. The molecule has 160 valence electrons. The van der Waals surface area contributed by atoms with E-state index in [2.05, 4.69) is 39.2 Å². The van der Waals surface area contributed by atoms with E-state index < -0.39 is 0 Å². The van der Waals surface area contributed by atoms with Gasteiger partial charge in [-0.25, -0.2) is 4.98 Å². The molecule has 0 aromatic carbocycles. The van der Waals surface area contributed by atoms with Crippen molar-refractivity contribution in [3.63, 3.8) is 0 Å². The van der Waals surface area contributed by atoms with Crippen LogP contribution < -0.4 is 10.6 Å². The number of aliphatic imine (C=N–C) groups is 1. The molecule has 3 heterocycles. The van der Waals surface area contributed by atoms with Gasteiger partial charge < -0.3 is 15.1 Å². The summed E-state index contributed by atoms with van der Waals surface area (Å²) >= 11 is 2.09. The summed E-state index contributed by atoms with van der Waals surface area (Å²) in [6, 6.07) is 0. The molecule has 1 aromatic heterocycles. The molecule has 0 aliphatic carbocycles. The van der Waals surface area contributed by atoms with Crippen LogP contribution >= 0.6 is 35.7 Å². The standard InChI is InChI=1S/C20H35N5OS.HI/c1-4-21-20(23-13-18-6-5-11-27-18)22-12-17-7-9-25(10-8-17)14-19-24-15(2)16(3)26-19;/h17-18H,4-14H2,1-3H3,(H2,21,22,23);1H. The van der Waals surface area contributed by atoms with Gasteiger partial charge in [0.15, 0.2) is 5.96 Å². The van der Waals surface area contributed by atoms with E-state index in [0.717, 1.165) is 67.8 Å². The topological polar surface area (TPSA) is 65.7 Å². The number of thioether (sulfide) groups is 1. The lowest BCUT2D eigenvalue weighted by molar-refractivity contribution is 0.166. The van der Waals surface area contributed by atoms with Crippen LogP contribution in [0, 0.1) is 19.8 Å². The van der Waals surface area contributed by atoms with E-state index in [1.54, 1.807) is 0 Å². The van der Waals surface area contributed by atoms with Crippen LogP contribution in [0.15, 0.2) is 9.41 Å². The first-order valence-electron chi connectivity index (χ1n) is 10.4. The van der Waals surface area contributed by atoms with Gasteiger partial charge in [0.05, 0.1) is 12.2 Å². The molecule has 1 aromatic rings. The van der Waals surface area contributed by atoms with Crippen molar-refractivity contribution in [1.29, 1.82) is 0 Å². The highest BCUT2D eigenvalue weighted by Gasteiger charge is 2.21. The Labute approximate surface area is 191 Å². The molecule has 2 saturated heterocycles. The Balaban J connectivity index is 0.00000280. The summed E-state index contributed by atoms with van der Waals surface area (Å²) in [5.41, 5.74) is 1.01. The molecule has 0 spiro atoms. The Bertz CT molecular complexity index is 590. The van der Waals surface area contributed by atoms with Crippen molar-refractivity contribution in [2.45, 2.75) is 58.2 Å². The van der Waals surface area contributed by atoms with Crippen LogP contribution in [0.25, 0.3) is 0 Å². The third kappa shape index (κ3) is 7.40. The molecule has 0 radical (unpaired) electrons. The quantitative estimate of drug-likeness (QED) is 0.325. The maximum Gasteiger partial charge on any atom is 0.208 e. The lowest BCUT2D eigenvalue weighted by atomic mass is 9.97. The van der Waals surface area contributed by atoms with E-state index >= 15 is 0 Å². The Morgan fingerprint density at radius 1 is 1.25 bits per heavy atom. The van der Waals surface area contributed by atoms with Crippen molar-refractivity contribution in [2.24, 2.45) is 10.9 Å². The van der Waals surface area contributed by atoms with Crippen LogP contribution in [0.2, 0.25) is 0 Å². The molecule has 3 rings (SSSR count). The molecule has 1 atom stereocenters. The second-order valence-electron chi connectivity index (χ2n) is 7.70. The number of nitrogens with one attached hydrogen (secondary N) is 2. The number of oxazole rings is 1. The number of likely N-dealkylation sites (tertiary alicyclic amines) is 1. The Hall–Kier alpha value is -0.480. The van der Waals surface area contributed by atoms with Crippen molar-refractivity contribution in [3.8, 4) is 0 Å². The van der Waals surface area contributed by atoms with Crippen molar-refractivity contribution in [3.05, 3.63) is 17.3 Å². The van der Waals surface area contributed by atoms with Gasteiger partial charge in [-0.1, -0.05) is 0 Å². The van der Waals surface area contributed by atoms with Gasteiger partial charge in [-0.3, -0.25) is 9.89 Å². The van der Waals surface area contributed by atoms with Gasteiger partial charge in [0.2, 0.25) is 5.89 Å². The summed E-state index contributed by atoms with van der Waals surface area (Å²) in [5, 5.41) is 7.68. The molecule has 2 aliphatic heterocycles. The average molecular weight is 522 g/mol. The van der Waals surface area contributed by atoms with Gasteiger partial charge in [-0.05, 0) is 71.2 Å². The minimum Gasteiger partial charge on any atom is -0.444 e. The highest BCUT2D eigenvalue weighted by molar-refractivity contribution is 14.0. The van der Waals surface area contributed by atoms with Crippen LogP contribution in [-0.4, -0.2) is 59.6 Å². The predicted molar refractivity (Wildman–Crippen MR) is 129 cm³/mol. The fourth-order valence-electron chi connectivity index (χ4n) is 3.70. The first kappa shape index (κ1) is 23.8. The molecule has 6 nitrogen and oxygen atoms in total. The Morgan fingerprint density at radius 2 is 2.04 bits per heavy atom. The van der Waals surface area contributed by atoms with Crippen molar-refractivity contribution >= 4 is 41.7 Å². The molecule has 8 heteroatoms. The molecule has 2 fully saturated rings. The van der Waals surface area contributed by atoms with Crippen LogP contribution in [0.4, 0.5) is 0 Å². The maximum atomic E-state index is 5.73. The Morgan fingerprint density at radius 3 is 2.64 bits per heavy atom. The summed E-state index contributed by atoms with van der Waals surface area (Å²) in [6.45, 7) is 12.0. The van der Waals surface area contributed by atoms with Crippen LogP contribution in [0.3, 0.4) is 0 Å². The summed E-state index contributed by atoms with van der Waals surface area (Å²) in [6.07, 6.45) is 5.08. The minimum atomic E-state index is 0. The monoisotopic (exact) mass is 521 g/mol. The number of hydrogen-bond donors (Lipinski definition) is 2. The highest BCUT2D eigenvalue weighted by Crippen LogP contribution is 2.25. The summed E-state index contributed by atoms with van der Waals surface area (Å²) in [7, 11) is 0. The molecule has 0 amide bonds. The molecule has 0 saturated carbocycles. The van der Waals surface area contributed by atoms with Crippen molar-refractivity contribution < 1.29 is 4.42 Å². The summed E-state index contributed by atoms with van der Waals surface area (Å²) in [5.74, 6) is 4.76. The van der Waals surface area contributed by atoms with Gasteiger partial charge in [-0.2, -0.15) is 11.8 Å². The highest BCUT2D eigenvalue weighted by atomic mass is 127. The number of aryl methyl sites for hydroxylation is 2. The lowest BCUT2D eigenvalue weighted by Gasteiger charge is -2.30. The number of guanidine groups is 1. The van der Waals surface area contributed by atoms with Gasteiger partial charge in [0.25, 0.3) is 0 Å². The van der Waals surface area contributed by atoms with E-state index in [1.165, 1.54) is 31.4 Å². The van der Waals surface area contributed by atoms with Gasteiger partial charge >= 0.3 is 0 Å². The fourth-order valence-corrected chi connectivity index (χ4v) is 4.90. The molecule has 1 unspecified atom stereocenters. The van der Waals surface area contributed by atoms with Gasteiger partial charge in [0, 0.05) is 24.9 Å². The first-order chi connectivity index (χ1) is 13.1. The van der Waals surface area contributed by atoms with Crippen LogP contribution in [0.5, 0.6) is 0 Å². The second kappa shape index (κ2) is 12.3. The number of aromatic nitrogens is 1. The molecule has 2 aliphatic rings. The normalized spacial score (nSPS) is 21.5. The molecule has 0 bridgehead atoms. The Kier molecular flexibility index (Phi) is 10.4. The second-order valence-corrected chi connectivity index (χ2v) is 9.11. The number of piperidine rings is 1. The third-order valence-electron chi connectivity index (χ3n) is 5.51. The summed E-state index contributed by atoms with van der Waals surface area (Å²) in [4.78, 5) is 11.8. The lowest BCUT2D eigenvalue weighted by Crippen LogP contribution is -2.41. The van der Waals surface area contributed by atoms with E-state index in [4.69, 9.17) is 9.41 Å². The van der Waals surface area contributed by atoms with E-state index in [9.17, 15) is 0 Å². The maximum absolute atomic E-state index is 5.73. The number of hydrogen-bond acceptors (Lipinski definition) is 5. The van der Waals surface area contributed by atoms with E-state index in [0.29, 0.717) is 5.92 Å². The van der Waals surface area contributed by atoms with Gasteiger partial charge in [-0.15, -0.1) is 24.0 Å². The molecular weight excluding hydrogens is 485 g/mol. The molecular formula is C20H36IN5OS. The zero-order valence-corrected chi connectivity index (χ0v) is 20.6. The first-order valence-corrected chi connectivity index (χ1v) is 11.5. The van der Waals surface area contributed by atoms with Crippen LogP contribution in [-0.2, 0) is 6.54 Å². The van der Waals surface area contributed by atoms with Crippen LogP contribution in [0.1, 0.15) is 50.0 Å². The van der Waals surface area contributed by atoms with E-state index in [1.807, 2.05) is 13.8 Å². The molecule has 2 N–H and O–H groups in total. The zero-order valence-electron chi connectivity index (χ0n) is 17.5. The van der Waals surface area contributed by atoms with Crippen molar-refractivity contribution in [1.82, 2.24) is 20.5 Å². The third-order valence-corrected chi connectivity index (χ3v) is 6.91. The average Bonchev–Trinajstić information content (AvgIpc) is 3.29. The fraction of sp³-hybridized carbons (Fsp3) is 0.800. The zero-order chi connectivity index (χ0) is 19.1. The number of nitrogens with zero attached hydrogens (tertiary/aromatic N) is 3. The largest absolute Gasteiger partial charge is 0.444 e. The smallest absolute Gasteiger partial charge is 0.208 e. The minimum absolute atomic E-state index is 0.